The van der Waals surface area contributed by atoms with Gasteiger partial charge in [-0.2, -0.15) is 0 Å². The highest BCUT2D eigenvalue weighted by Gasteiger charge is 2.06. The Morgan fingerprint density at radius 3 is 2.23 bits per heavy atom. The third-order valence-electron chi connectivity index (χ3n) is 1.58. The summed E-state index contributed by atoms with van der Waals surface area (Å²) in [5.41, 5.74) is 0.862. The highest BCUT2D eigenvalue weighted by atomic mass is 16.7. The Morgan fingerprint density at radius 1 is 1.31 bits per heavy atom. The van der Waals surface area contributed by atoms with Gasteiger partial charge in [0.25, 0.3) is 0 Å². The Labute approximate surface area is 78.5 Å². The van der Waals surface area contributed by atoms with Gasteiger partial charge in [0.05, 0.1) is 7.11 Å². The summed E-state index contributed by atoms with van der Waals surface area (Å²) in [7, 11) is 4.45. The zero-order valence-corrected chi connectivity index (χ0v) is 8.49. The van der Waals surface area contributed by atoms with Crippen molar-refractivity contribution in [2.75, 3.05) is 21.3 Å². The van der Waals surface area contributed by atoms with Crippen LogP contribution in [0.2, 0.25) is 0 Å². The average molecular weight is 188 g/mol. The maximum Gasteiger partial charge on any atom is 0.330 e. The van der Waals surface area contributed by atoms with E-state index >= 15 is 0 Å². The molecule has 0 atom stereocenters. The number of methoxy groups -OCH3 is 3. The maximum absolute atomic E-state index is 10.8. The molecule has 4 heteroatoms. The molecule has 0 aliphatic rings. The van der Waals surface area contributed by atoms with Gasteiger partial charge in [0.1, 0.15) is 0 Å². The van der Waals surface area contributed by atoms with Crippen LogP contribution in [0.5, 0.6) is 0 Å². The molecule has 0 bridgehead atoms. The van der Waals surface area contributed by atoms with E-state index in [1.54, 1.807) is 14.2 Å². The Hall–Kier alpha value is -0.870. The molecule has 4 nitrogen and oxygen atoms in total. The summed E-state index contributed by atoms with van der Waals surface area (Å²) in [6.07, 6.45) is 1.67. The molecule has 0 N–H and O–H groups in total. The van der Waals surface area contributed by atoms with Crippen LogP contribution >= 0.6 is 0 Å². The van der Waals surface area contributed by atoms with Crippen LogP contribution < -0.4 is 0 Å². The largest absolute Gasteiger partial charge is 0.466 e. The second-order valence-corrected chi connectivity index (χ2v) is 2.62. The number of ether oxygens (including phenoxy) is 3. The molecule has 0 amide bonds. The molecule has 76 valence electrons. The number of carbonyl (C=O) groups excluding carboxylic acids is 1. The predicted octanol–water partition coefficient (Wildman–Crippen LogP) is 1.11. The normalized spacial score (nSPS) is 11.9. The number of rotatable bonds is 5. The Bertz CT molecular complexity index is 182. The van der Waals surface area contributed by atoms with E-state index in [4.69, 9.17) is 9.47 Å². The molecule has 0 unspecified atom stereocenters. The van der Waals surface area contributed by atoms with Crippen molar-refractivity contribution in [3.8, 4) is 0 Å². The summed E-state index contributed by atoms with van der Waals surface area (Å²) in [6.45, 7) is 1.82. The monoisotopic (exact) mass is 188 g/mol. The Balaban J connectivity index is 4.03. The molecule has 0 aromatic rings. The molecule has 0 radical (unpaired) electrons. The summed E-state index contributed by atoms with van der Waals surface area (Å²) < 4.78 is 14.4. The van der Waals surface area contributed by atoms with Gasteiger partial charge < -0.3 is 14.2 Å². The van der Waals surface area contributed by atoms with Crippen LogP contribution in [0.15, 0.2) is 11.6 Å². The fraction of sp³-hybridized carbons (Fsp3) is 0.667. The van der Waals surface area contributed by atoms with E-state index in [-0.39, 0.29) is 12.3 Å². The number of esters is 1. The average Bonchev–Trinajstić information content (AvgIpc) is 2.13. The first-order valence-electron chi connectivity index (χ1n) is 3.94. The molecule has 0 rings (SSSR count). The first-order valence-corrected chi connectivity index (χ1v) is 3.94. The summed E-state index contributed by atoms with van der Waals surface area (Å²) in [5, 5.41) is 0. The van der Waals surface area contributed by atoms with E-state index in [0.29, 0.717) is 6.42 Å². The standard InChI is InChI=1S/C9H16O4/c1-7(5-8(10)11-2)6-9(12-3)13-4/h5,9H,6H2,1-4H3. The molecule has 0 aromatic carbocycles. The molecule has 0 aliphatic carbocycles. The highest BCUT2D eigenvalue weighted by Crippen LogP contribution is 2.07. The van der Waals surface area contributed by atoms with Crippen LogP contribution in [-0.2, 0) is 19.0 Å². The van der Waals surface area contributed by atoms with Crippen LogP contribution in [0.4, 0.5) is 0 Å². The third kappa shape index (κ3) is 5.38. The minimum absolute atomic E-state index is 0.305. The fourth-order valence-electron chi connectivity index (χ4n) is 0.845. The van der Waals surface area contributed by atoms with Gasteiger partial charge in [-0.15, -0.1) is 0 Å². The van der Waals surface area contributed by atoms with Gasteiger partial charge >= 0.3 is 5.97 Å². The predicted molar refractivity (Wildman–Crippen MR) is 48.2 cm³/mol. The van der Waals surface area contributed by atoms with E-state index in [2.05, 4.69) is 4.74 Å². The molecule has 0 aliphatic heterocycles. The zero-order chi connectivity index (χ0) is 10.3. The van der Waals surface area contributed by atoms with Crippen molar-refractivity contribution in [1.82, 2.24) is 0 Å². The number of hydrogen-bond donors (Lipinski definition) is 0. The number of carbonyl (C=O) groups is 1. The van der Waals surface area contributed by atoms with Crippen LogP contribution in [0.1, 0.15) is 13.3 Å². The fourth-order valence-corrected chi connectivity index (χ4v) is 0.845. The van der Waals surface area contributed by atoms with Gasteiger partial charge in [0.2, 0.25) is 0 Å². The lowest BCUT2D eigenvalue weighted by Gasteiger charge is -2.12. The van der Waals surface area contributed by atoms with Crippen molar-refractivity contribution >= 4 is 5.97 Å². The number of hydrogen-bond acceptors (Lipinski definition) is 4. The molecule has 0 spiro atoms. The molecular weight excluding hydrogens is 172 g/mol. The molecular formula is C9H16O4. The van der Waals surface area contributed by atoms with Crippen molar-refractivity contribution in [2.24, 2.45) is 0 Å². The topological polar surface area (TPSA) is 44.8 Å². The maximum atomic E-state index is 10.8. The van der Waals surface area contributed by atoms with E-state index in [1.165, 1.54) is 13.2 Å². The SMILES string of the molecule is COC(=O)C=C(C)CC(OC)OC. The van der Waals surface area contributed by atoms with Gasteiger partial charge in [-0.3, -0.25) is 0 Å². The van der Waals surface area contributed by atoms with Gasteiger partial charge in [0.15, 0.2) is 6.29 Å². The van der Waals surface area contributed by atoms with Crippen molar-refractivity contribution in [2.45, 2.75) is 19.6 Å². The minimum atomic E-state index is -0.358. The van der Waals surface area contributed by atoms with E-state index in [9.17, 15) is 4.79 Å². The van der Waals surface area contributed by atoms with Crippen LogP contribution in [0.25, 0.3) is 0 Å². The van der Waals surface area contributed by atoms with Crippen molar-refractivity contribution < 1.29 is 19.0 Å². The van der Waals surface area contributed by atoms with Crippen LogP contribution in [0.3, 0.4) is 0 Å². The van der Waals surface area contributed by atoms with Crippen LogP contribution in [-0.4, -0.2) is 33.6 Å². The minimum Gasteiger partial charge on any atom is -0.466 e. The summed E-state index contributed by atoms with van der Waals surface area (Å²) in [6, 6.07) is 0. The molecule has 0 heterocycles. The Kier molecular flexibility index (Phi) is 6.18. The molecule has 0 fully saturated rings. The highest BCUT2D eigenvalue weighted by molar-refractivity contribution is 5.82. The summed E-state index contributed by atoms with van der Waals surface area (Å²) in [4.78, 5) is 10.8. The first-order chi connectivity index (χ1) is 6.13. The van der Waals surface area contributed by atoms with E-state index in [1.807, 2.05) is 6.92 Å². The van der Waals surface area contributed by atoms with Crippen molar-refractivity contribution in [1.29, 1.82) is 0 Å². The Morgan fingerprint density at radius 2 is 1.85 bits per heavy atom. The van der Waals surface area contributed by atoms with E-state index in [0.717, 1.165) is 5.57 Å². The van der Waals surface area contributed by atoms with Gasteiger partial charge in [-0.05, 0) is 6.92 Å². The molecule has 0 saturated carbocycles. The molecule has 0 aromatic heterocycles. The van der Waals surface area contributed by atoms with Crippen molar-refractivity contribution in [3.63, 3.8) is 0 Å². The summed E-state index contributed by atoms with van der Waals surface area (Å²) >= 11 is 0. The quantitative estimate of drug-likeness (QED) is 0.368. The lowest BCUT2D eigenvalue weighted by atomic mass is 10.2. The first kappa shape index (κ1) is 12.1. The molecule has 13 heavy (non-hydrogen) atoms. The smallest absolute Gasteiger partial charge is 0.330 e. The molecule has 0 saturated heterocycles. The lowest BCUT2D eigenvalue weighted by Crippen LogP contribution is -2.13. The second-order valence-electron chi connectivity index (χ2n) is 2.62. The van der Waals surface area contributed by atoms with Gasteiger partial charge in [0, 0.05) is 26.7 Å². The summed E-state index contributed by atoms with van der Waals surface area (Å²) in [5.74, 6) is -0.358. The van der Waals surface area contributed by atoms with Crippen LogP contribution in [0, 0.1) is 0 Å². The van der Waals surface area contributed by atoms with E-state index < -0.39 is 0 Å². The third-order valence-corrected chi connectivity index (χ3v) is 1.58. The van der Waals surface area contributed by atoms with Crippen molar-refractivity contribution in [3.05, 3.63) is 11.6 Å². The second kappa shape index (κ2) is 6.62. The zero-order valence-electron chi connectivity index (χ0n) is 8.49. The van der Waals surface area contributed by atoms with Gasteiger partial charge in [-0.25, -0.2) is 4.79 Å². The lowest BCUT2D eigenvalue weighted by molar-refractivity contribution is -0.135. The van der Waals surface area contributed by atoms with Gasteiger partial charge in [-0.1, -0.05) is 5.57 Å².